The summed E-state index contributed by atoms with van der Waals surface area (Å²) < 4.78 is 28.5. The third kappa shape index (κ3) is 3.64. The average Bonchev–Trinajstić information content (AvgIpc) is 2.42. The molecule has 106 valence electrons. The van der Waals surface area contributed by atoms with Crippen molar-refractivity contribution in [1.82, 2.24) is 0 Å². The number of hydrogen-bond acceptors (Lipinski definition) is 5. The molecule has 2 rings (SSSR count). The Hall–Kier alpha value is -2.21. The number of halogens is 1. The number of ether oxygens (including phenoxy) is 3. The molecule has 0 spiro atoms. The molecule has 1 aromatic carbocycles. The predicted octanol–water partition coefficient (Wildman–Crippen LogP) is 1.98. The molecule has 1 unspecified atom stereocenters. The zero-order valence-electron chi connectivity index (χ0n) is 10.7. The van der Waals surface area contributed by atoms with E-state index in [2.05, 4.69) is 4.74 Å². The van der Waals surface area contributed by atoms with E-state index in [4.69, 9.17) is 9.47 Å². The van der Waals surface area contributed by atoms with Crippen LogP contribution in [0, 0.1) is 0 Å². The van der Waals surface area contributed by atoms with Gasteiger partial charge < -0.3 is 14.2 Å². The van der Waals surface area contributed by atoms with Crippen LogP contribution in [0.25, 0.3) is 0 Å². The van der Waals surface area contributed by atoms with Gasteiger partial charge >= 0.3 is 11.9 Å². The van der Waals surface area contributed by atoms with Gasteiger partial charge in [0.2, 0.25) is 6.29 Å². The van der Waals surface area contributed by atoms with Crippen LogP contribution >= 0.6 is 0 Å². The summed E-state index contributed by atoms with van der Waals surface area (Å²) in [6.45, 7) is 0.982. The van der Waals surface area contributed by atoms with Crippen molar-refractivity contribution in [2.45, 2.75) is 19.3 Å². The van der Waals surface area contributed by atoms with Crippen LogP contribution in [0.2, 0.25) is 0 Å². The highest BCUT2D eigenvalue weighted by molar-refractivity contribution is 5.89. The zero-order chi connectivity index (χ0) is 14.5. The molecule has 1 heterocycles. The van der Waals surface area contributed by atoms with Crippen LogP contribution in [0.4, 0.5) is 4.39 Å². The first-order valence-corrected chi connectivity index (χ1v) is 5.98. The van der Waals surface area contributed by atoms with Gasteiger partial charge in [-0.1, -0.05) is 18.2 Å². The highest BCUT2D eigenvalue weighted by atomic mass is 19.1. The van der Waals surface area contributed by atoms with Crippen molar-refractivity contribution in [3.8, 4) is 0 Å². The van der Waals surface area contributed by atoms with Gasteiger partial charge in [-0.05, 0) is 12.1 Å². The van der Waals surface area contributed by atoms with Crippen LogP contribution in [0.3, 0.4) is 0 Å². The van der Waals surface area contributed by atoms with Gasteiger partial charge in [0.25, 0.3) is 0 Å². The largest absolute Gasteiger partial charge is 0.449 e. The fraction of sp³-hybridized carbons (Fsp3) is 0.286. The first-order valence-electron chi connectivity index (χ1n) is 5.98. The molecule has 0 fully saturated rings. The second-order valence-electron chi connectivity index (χ2n) is 4.12. The van der Waals surface area contributed by atoms with E-state index in [1.54, 1.807) is 30.3 Å². The van der Waals surface area contributed by atoms with Gasteiger partial charge in [0.15, 0.2) is 6.10 Å². The lowest BCUT2D eigenvalue weighted by Crippen LogP contribution is -2.33. The second-order valence-corrected chi connectivity index (χ2v) is 4.12. The summed E-state index contributed by atoms with van der Waals surface area (Å²) in [5, 5.41) is 0. The average molecular weight is 280 g/mol. The molecule has 0 saturated heterocycles. The molecule has 0 bridgehead atoms. The monoisotopic (exact) mass is 280 g/mol. The van der Waals surface area contributed by atoms with Crippen molar-refractivity contribution in [2.24, 2.45) is 0 Å². The van der Waals surface area contributed by atoms with Crippen molar-refractivity contribution < 1.29 is 28.2 Å². The maximum Gasteiger partial charge on any atom is 0.338 e. The minimum Gasteiger partial charge on any atom is -0.449 e. The molecule has 1 aliphatic heterocycles. The van der Waals surface area contributed by atoms with Gasteiger partial charge in [0.05, 0.1) is 12.2 Å². The fourth-order valence-electron chi connectivity index (χ4n) is 1.64. The summed E-state index contributed by atoms with van der Waals surface area (Å²) in [5.74, 6) is -1.93. The van der Waals surface area contributed by atoms with E-state index in [1.807, 2.05) is 0 Å². The van der Waals surface area contributed by atoms with Crippen molar-refractivity contribution in [3.63, 3.8) is 0 Å². The van der Waals surface area contributed by atoms with Crippen LogP contribution in [0.5, 0.6) is 0 Å². The van der Waals surface area contributed by atoms with Gasteiger partial charge in [-0.3, -0.25) is 4.79 Å². The third-order valence-corrected chi connectivity index (χ3v) is 2.56. The lowest BCUT2D eigenvalue weighted by atomic mass is 10.2. The topological polar surface area (TPSA) is 61.8 Å². The molecule has 0 N–H and O–H groups in total. The maximum absolute atomic E-state index is 13.7. The van der Waals surface area contributed by atoms with Crippen LogP contribution < -0.4 is 0 Å². The lowest BCUT2D eigenvalue weighted by Gasteiger charge is -2.24. The van der Waals surface area contributed by atoms with E-state index in [9.17, 15) is 14.0 Å². The Bertz CT molecular complexity index is 526. The molecule has 1 aliphatic rings. The van der Waals surface area contributed by atoms with Crippen LogP contribution in [-0.2, 0) is 19.0 Å². The molecule has 0 aromatic heterocycles. The lowest BCUT2D eigenvalue weighted by molar-refractivity contribution is -0.173. The normalized spacial score (nSPS) is 21.8. The van der Waals surface area contributed by atoms with Crippen molar-refractivity contribution in [3.05, 3.63) is 47.8 Å². The van der Waals surface area contributed by atoms with Crippen LogP contribution in [-0.4, -0.2) is 30.9 Å². The molecule has 2 atom stereocenters. The van der Waals surface area contributed by atoms with E-state index in [1.165, 1.54) is 6.92 Å². The van der Waals surface area contributed by atoms with Gasteiger partial charge in [0, 0.05) is 13.0 Å². The van der Waals surface area contributed by atoms with Crippen LogP contribution in [0.1, 0.15) is 17.3 Å². The Balaban J connectivity index is 1.98. The minimum atomic E-state index is -1.13. The molecule has 0 amide bonds. The van der Waals surface area contributed by atoms with E-state index in [-0.39, 0.29) is 6.61 Å². The molecule has 0 saturated carbocycles. The molecule has 20 heavy (non-hydrogen) atoms. The molecule has 6 heteroatoms. The Morgan fingerprint density at radius 1 is 1.25 bits per heavy atom. The number of esters is 2. The number of carbonyl (C=O) groups excluding carboxylic acids is 2. The van der Waals surface area contributed by atoms with E-state index in [0.717, 1.165) is 6.08 Å². The standard InChI is InChI=1S/C14H13FO5/c1-9(16)19-13-7-11(15)12(8-18-13)20-14(17)10-5-3-2-4-6-10/h2-7,12-13H,8H2,1H3/t12-,13?/m0/s1. The summed E-state index contributed by atoms with van der Waals surface area (Å²) >= 11 is 0. The highest BCUT2D eigenvalue weighted by Crippen LogP contribution is 2.20. The van der Waals surface area contributed by atoms with Gasteiger partial charge in [-0.15, -0.1) is 0 Å². The smallest absolute Gasteiger partial charge is 0.338 e. The first kappa shape index (κ1) is 14.2. The Labute approximate surface area is 114 Å². The minimum absolute atomic E-state index is 0.209. The number of carbonyl (C=O) groups is 2. The summed E-state index contributed by atoms with van der Waals surface area (Å²) in [5.41, 5.74) is 0.322. The Morgan fingerprint density at radius 2 is 1.95 bits per heavy atom. The van der Waals surface area contributed by atoms with E-state index < -0.39 is 30.2 Å². The quantitative estimate of drug-likeness (QED) is 0.792. The van der Waals surface area contributed by atoms with Gasteiger partial charge in [-0.25, -0.2) is 9.18 Å². The fourth-order valence-corrected chi connectivity index (χ4v) is 1.64. The Kier molecular flexibility index (Phi) is 4.47. The number of rotatable bonds is 3. The molecule has 5 nitrogen and oxygen atoms in total. The van der Waals surface area contributed by atoms with Crippen molar-refractivity contribution in [1.29, 1.82) is 0 Å². The molecule has 0 radical (unpaired) electrons. The van der Waals surface area contributed by atoms with Crippen molar-refractivity contribution >= 4 is 11.9 Å². The molecule has 0 aliphatic carbocycles. The third-order valence-electron chi connectivity index (χ3n) is 2.56. The van der Waals surface area contributed by atoms with Crippen molar-refractivity contribution in [2.75, 3.05) is 6.61 Å². The summed E-state index contributed by atoms with van der Waals surface area (Å²) in [6.07, 6.45) is -1.25. The number of benzene rings is 1. The summed E-state index contributed by atoms with van der Waals surface area (Å²) in [4.78, 5) is 22.5. The summed E-state index contributed by atoms with van der Waals surface area (Å²) in [7, 11) is 0. The number of hydrogen-bond donors (Lipinski definition) is 0. The molecular weight excluding hydrogens is 267 g/mol. The highest BCUT2D eigenvalue weighted by Gasteiger charge is 2.28. The molecule has 1 aromatic rings. The first-order chi connectivity index (χ1) is 9.56. The van der Waals surface area contributed by atoms with Crippen LogP contribution in [0.15, 0.2) is 42.2 Å². The van der Waals surface area contributed by atoms with Gasteiger partial charge in [0.1, 0.15) is 5.83 Å². The zero-order valence-corrected chi connectivity index (χ0v) is 10.7. The SMILES string of the molecule is CC(=O)OC1C=C(F)[C@@H](OC(=O)c2ccccc2)CO1. The van der Waals surface area contributed by atoms with Gasteiger partial charge in [-0.2, -0.15) is 0 Å². The predicted molar refractivity (Wildman–Crippen MR) is 66.3 cm³/mol. The van der Waals surface area contributed by atoms with E-state index in [0.29, 0.717) is 5.56 Å². The maximum atomic E-state index is 13.7. The molecular formula is C14H13FO5. The second kappa shape index (κ2) is 6.29. The Morgan fingerprint density at radius 3 is 2.55 bits per heavy atom. The van der Waals surface area contributed by atoms with E-state index >= 15 is 0 Å². The summed E-state index contributed by atoms with van der Waals surface area (Å²) in [6, 6.07) is 8.24.